The summed E-state index contributed by atoms with van der Waals surface area (Å²) < 4.78 is 6.42. The van der Waals surface area contributed by atoms with Gasteiger partial charge in [0, 0.05) is 52.6 Å². The van der Waals surface area contributed by atoms with Crippen LogP contribution in [0.15, 0.2) is 59.0 Å². The van der Waals surface area contributed by atoms with Crippen molar-refractivity contribution in [3.8, 4) is 6.07 Å². The molecule has 186 valence electrons. The number of nitrogens with zero attached hydrogens (tertiary/aromatic N) is 5. The number of nitrogens with one attached hydrogen (secondary N) is 1. The lowest BCUT2D eigenvalue weighted by molar-refractivity contribution is -0.117. The number of benzene rings is 1. The Morgan fingerprint density at radius 1 is 1.17 bits per heavy atom. The summed E-state index contributed by atoms with van der Waals surface area (Å²) in [5, 5.41) is 12.3. The van der Waals surface area contributed by atoms with Crippen molar-refractivity contribution in [2.45, 2.75) is 13.5 Å². The van der Waals surface area contributed by atoms with Gasteiger partial charge < -0.3 is 15.0 Å². The summed E-state index contributed by atoms with van der Waals surface area (Å²) in [5.74, 6) is -0.0620. The SMILES string of the molecule is COCCNC(=O)/C(C#N)=C/c1c(N2CCN(Cc3ccccc3)CC2)nc2c(C)cccn2c1=O. The molecule has 3 heterocycles. The summed E-state index contributed by atoms with van der Waals surface area (Å²) in [6.45, 7) is 6.29. The van der Waals surface area contributed by atoms with Gasteiger partial charge >= 0.3 is 0 Å². The zero-order valence-electron chi connectivity index (χ0n) is 20.6. The first-order chi connectivity index (χ1) is 17.5. The second kappa shape index (κ2) is 11.6. The van der Waals surface area contributed by atoms with E-state index in [4.69, 9.17) is 9.72 Å². The molecule has 3 aromatic rings. The Kier molecular flexibility index (Phi) is 8.10. The molecular formula is C27H30N6O3. The fourth-order valence-electron chi connectivity index (χ4n) is 4.28. The van der Waals surface area contributed by atoms with Crippen LogP contribution in [0, 0.1) is 18.3 Å². The number of hydrogen-bond donors (Lipinski definition) is 1. The molecule has 0 aliphatic carbocycles. The molecule has 1 aliphatic rings. The maximum absolute atomic E-state index is 13.6. The minimum absolute atomic E-state index is 0.151. The lowest BCUT2D eigenvalue weighted by atomic mass is 10.1. The van der Waals surface area contributed by atoms with Crippen LogP contribution in [0.25, 0.3) is 11.7 Å². The van der Waals surface area contributed by atoms with Crippen molar-refractivity contribution in [2.24, 2.45) is 0 Å². The molecule has 2 aromatic heterocycles. The van der Waals surface area contributed by atoms with Crippen LogP contribution >= 0.6 is 0 Å². The highest BCUT2D eigenvalue weighted by Gasteiger charge is 2.24. The summed E-state index contributed by atoms with van der Waals surface area (Å²) in [7, 11) is 1.53. The lowest BCUT2D eigenvalue weighted by Gasteiger charge is -2.36. The first-order valence-electron chi connectivity index (χ1n) is 11.9. The van der Waals surface area contributed by atoms with Crippen molar-refractivity contribution in [3.63, 3.8) is 0 Å². The number of ether oxygens (including phenoxy) is 1. The molecule has 1 saturated heterocycles. The van der Waals surface area contributed by atoms with Gasteiger partial charge in [0.2, 0.25) is 0 Å². The van der Waals surface area contributed by atoms with E-state index in [1.54, 1.807) is 12.3 Å². The van der Waals surface area contributed by atoms with E-state index in [1.165, 1.54) is 23.1 Å². The molecule has 36 heavy (non-hydrogen) atoms. The number of carbonyl (C=O) groups is 1. The Labute approximate surface area is 210 Å². The van der Waals surface area contributed by atoms with Gasteiger partial charge in [0.15, 0.2) is 0 Å². The average molecular weight is 487 g/mol. The molecule has 1 N–H and O–H groups in total. The molecule has 0 bridgehead atoms. The molecule has 0 radical (unpaired) electrons. The molecule has 1 aromatic carbocycles. The second-order valence-electron chi connectivity index (χ2n) is 8.71. The molecule has 1 aliphatic heterocycles. The fraction of sp³-hybridized carbons (Fsp3) is 0.333. The molecule has 0 spiro atoms. The number of amides is 1. The van der Waals surface area contributed by atoms with Crippen molar-refractivity contribution in [1.82, 2.24) is 19.6 Å². The number of fused-ring (bicyclic) bond motifs is 1. The number of pyridine rings is 1. The van der Waals surface area contributed by atoms with Crippen LogP contribution in [0.5, 0.6) is 0 Å². The largest absolute Gasteiger partial charge is 0.383 e. The third-order valence-corrected chi connectivity index (χ3v) is 6.23. The standard InChI is InChI=1S/C27H30N6O3/c1-20-7-6-11-33-24(20)30-25(23(27(33)35)17-22(18-28)26(34)29-10-16-36-2)32-14-12-31(13-15-32)19-21-8-4-3-5-9-21/h3-9,11,17H,10,12-16,19H2,1-2H3,(H,29,34)/b22-17+. The third-order valence-electron chi connectivity index (χ3n) is 6.23. The predicted molar refractivity (Wildman–Crippen MR) is 139 cm³/mol. The Balaban J connectivity index is 1.67. The van der Waals surface area contributed by atoms with Crippen molar-refractivity contribution >= 4 is 23.4 Å². The molecule has 0 saturated carbocycles. The number of piperazine rings is 1. The smallest absolute Gasteiger partial charge is 0.267 e. The number of hydrogen-bond acceptors (Lipinski definition) is 7. The molecule has 9 nitrogen and oxygen atoms in total. The molecule has 0 unspecified atom stereocenters. The maximum Gasteiger partial charge on any atom is 0.267 e. The first-order valence-corrected chi connectivity index (χ1v) is 11.9. The van der Waals surface area contributed by atoms with E-state index in [-0.39, 0.29) is 23.2 Å². The zero-order chi connectivity index (χ0) is 25.5. The van der Waals surface area contributed by atoms with Gasteiger partial charge in [0.1, 0.15) is 23.1 Å². The van der Waals surface area contributed by atoms with Gasteiger partial charge in [-0.15, -0.1) is 0 Å². The highest BCUT2D eigenvalue weighted by molar-refractivity contribution is 6.02. The monoisotopic (exact) mass is 486 g/mol. The van der Waals surface area contributed by atoms with Crippen molar-refractivity contribution in [3.05, 3.63) is 81.3 Å². The van der Waals surface area contributed by atoms with E-state index in [0.29, 0.717) is 31.2 Å². The van der Waals surface area contributed by atoms with Gasteiger partial charge in [0.05, 0.1) is 12.2 Å². The highest BCUT2D eigenvalue weighted by atomic mass is 16.5. The molecular weight excluding hydrogens is 456 g/mol. The van der Waals surface area contributed by atoms with Crippen LogP contribution in [-0.4, -0.2) is 66.6 Å². The van der Waals surface area contributed by atoms with Gasteiger partial charge in [-0.3, -0.25) is 18.9 Å². The number of aryl methyl sites for hydroxylation is 1. The normalized spacial score (nSPS) is 14.6. The lowest BCUT2D eigenvalue weighted by Crippen LogP contribution is -2.47. The van der Waals surface area contributed by atoms with E-state index in [0.717, 1.165) is 25.2 Å². The minimum Gasteiger partial charge on any atom is -0.383 e. The van der Waals surface area contributed by atoms with Crippen LogP contribution < -0.4 is 15.8 Å². The topological polar surface area (TPSA) is 103 Å². The Morgan fingerprint density at radius 3 is 2.61 bits per heavy atom. The van der Waals surface area contributed by atoms with Crippen LogP contribution in [0.4, 0.5) is 5.82 Å². The van der Waals surface area contributed by atoms with Gasteiger partial charge in [-0.1, -0.05) is 36.4 Å². The van der Waals surface area contributed by atoms with Crippen LogP contribution in [0.2, 0.25) is 0 Å². The van der Waals surface area contributed by atoms with Crippen molar-refractivity contribution < 1.29 is 9.53 Å². The molecule has 1 amide bonds. The van der Waals surface area contributed by atoms with E-state index < -0.39 is 5.91 Å². The van der Waals surface area contributed by atoms with Gasteiger partial charge in [0.25, 0.3) is 11.5 Å². The number of nitriles is 1. The first kappa shape index (κ1) is 25.1. The molecule has 0 atom stereocenters. The number of rotatable bonds is 8. The molecule has 4 rings (SSSR count). The zero-order valence-corrected chi connectivity index (χ0v) is 20.6. The van der Waals surface area contributed by atoms with Gasteiger partial charge in [-0.05, 0) is 30.2 Å². The Bertz CT molecular complexity index is 1350. The molecule has 9 heteroatoms. The van der Waals surface area contributed by atoms with E-state index in [9.17, 15) is 14.9 Å². The Morgan fingerprint density at radius 2 is 1.92 bits per heavy atom. The van der Waals surface area contributed by atoms with Crippen LogP contribution in [0.1, 0.15) is 16.7 Å². The number of anilines is 1. The molecule has 1 fully saturated rings. The maximum atomic E-state index is 13.6. The summed E-state index contributed by atoms with van der Waals surface area (Å²) in [4.78, 5) is 35.4. The second-order valence-corrected chi connectivity index (χ2v) is 8.71. The minimum atomic E-state index is -0.554. The predicted octanol–water partition coefficient (Wildman–Crippen LogP) is 1.99. The van der Waals surface area contributed by atoms with Crippen molar-refractivity contribution in [1.29, 1.82) is 5.26 Å². The van der Waals surface area contributed by atoms with Crippen molar-refractivity contribution in [2.75, 3.05) is 51.3 Å². The third kappa shape index (κ3) is 5.62. The van der Waals surface area contributed by atoms with E-state index in [2.05, 4.69) is 27.2 Å². The van der Waals surface area contributed by atoms with Gasteiger partial charge in [-0.25, -0.2) is 4.98 Å². The van der Waals surface area contributed by atoms with Crippen LogP contribution in [-0.2, 0) is 16.1 Å². The summed E-state index contributed by atoms with van der Waals surface area (Å²) in [6.07, 6.45) is 3.01. The number of methoxy groups -OCH3 is 1. The average Bonchev–Trinajstić information content (AvgIpc) is 2.90. The number of carbonyl (C=O) groups excluding carboxylic acids is 1. The number of aromatic nitrogens is 2. The van der Waals surface area contributed by atoms with E-state index >= 15 is 0 Å². The quantitative estimate of drug-likeness (QED) is 0.295. The summed E-state index contributed by atoms with van der Waals surface area (Å²) in [5.41, 5.74) is 2.44. The fourth-order valence-corrected chi connectivity index (χ4v) is 4.28. The van der Waals surface area contributed by atoms with Gasteiger partial charge in [-0.2, -0.15) is 5.26 Å². The van der Waals surface area contributed by atoms with Crippen LogP contribution in [0.3, 0.4) is 0 Å². The summed E-state index contributed by atoms with van der Waals surface area (Å²) in [6, 6.07) is 15.9. The highest BCUT2D eigenvalue weighted by Crippen LogP contribution is 2.22. The Hall–Kier alpha value is -4.00. The van der Waals surface area contributed by atoms with E-state index in [1.807, 2.05) is 37.3 Å². The summed E-state index contributed by atoms with van der Waals surface area (Å²) >= 11 is 0.